The third-order valence-corrected chi connectivity index (χ3v) is 3.20. The van der Waals surface area contributed by atoms with Gasteiger partial charge in [-0.2, -0.15) is 0 Å². The number of hydrogen-bond donors (Lipinski definition) is 2. The number of ether oxygens (including phenoxy) is 1. The minimum absolute atomic E-state index is 0.229. The van der Waals surface area contributed by atoms with Gasteiger partial charge < -0.3 is 15.4 Å². The summed E-state index contributed by atoms with van der Waals surface area (Å²) in [5.74, 6) is 1.01. The van der Waals surface area contributed by atoms with Crippen LogP contribution in [0, 0.1) is 0 Å². The highest BCUT2D eigenvalue weighted by atomic mass is 79.9. The van der Waals surface area contributed by atoms with Gasteiger partial charge >= 0.3 is 0 Å². The van der Waals surface area contributed by atoms with Gasteiger partial charge in [0.05, 0.1) is 12.7 Å². The van der Waals surface area contributed by atoms with Gasteiger partial charge in [0.2, 0.25) is 0 Å². The van der Waals surface area contributed by atoms with Gasteiger partial charge in [0.1, 0.15) is 11.6 Å². The molecule has 2 aromatic rings. The lowest BCUT2D eigenvalue weighted by Gasteiger charge is -2.11. The van der Waals surface area contributed by atoms with Crippen LogP contribution in [0.1, 0.15) is 17.3 Å². The van der Waals surface area contributed by atoms with Crippen LogP contribution in [0.2, 0.25) is 0 Å². The van der Waals surface area contributed by atoms with E-state index in [1.807, 2.05) is 19.1 Å². The normalized spacial score (nSPS) is 10.0. The van der Waals surface area contributed by atoms with Crippen LogP contribution in [0.15, 0.2) is 41.0 Å². The lowest BCUT2D eigenvalue weighted by Crippen LogP contribution is -2.15. The second-order valence-corrected chi connectivity index (χ2v) is 5.18. The topological polar surface area (TPSA) is 63.2 Å². The van der Waals surface area contributed by atoms with Gasteiger partial charge in [-0.3, -0.25) is 4.79 Å². The summed E-state index contributed by atoms with van der Waals surface area (Å²) < 4.78 is 5.89. The largest absolute Gasteiger partial charge is 0.497 e. The maximum Gasteiger partial charge on any atom is 0.259 e. The van der Waals surface area contributed by atoms with Crippen LogP contribution in [-0.4, -0.2) is 24.5 Å². The summed E-state index contributed by atoms with van der Waals surface area (Å²) in [4.78, 5) is 16.6. The van der Waals surface area contributed by atoms with Crippen LogP contribution >= 0.6 is 15.9 Å². The average Bonchev–Trinajstić information content (AvgIpc) is 2.49. The molecule has 21 heavy (non-hydrogen) atoms. The quantitative estimate of drug-likeness (QED) is 0.866. The van der Waals surface area contributed by atoms with Crippen molar-refractivity contribution in [2.75, 3.05) is 24.3 Å². The predicted octanol–water partition coefficient (Wildman–Crippen LogP) is 3.54. The zero-order valence-electron chi connectivity index (χ0n) is 11.8. The molecule has 1 aromatic carbocycles. The van der Waals surface area contributed by atoms with Crippen molar-refractivity contribution in [3.63, 3.8) is 0 Å². The summed E-state index contributed by atoms with van der Waals surface area (Å²) >= 11 is 3.33. The van der Waals surface area contributed by atoms with Crippen molar-refractivity contribution in [2.45, 2.75) is 6.92 Å². The first-order valence-corrected chi connectivity index (χ1v) is 7.28. The molecule has 0 unspecified atom stereocenters. The van der Waals surface area contributed by atoms with E-state index in [4.69, 9.17) is 4.74 Å². The SMILES string of the molecule is CCNc1ncc(Br)cc1C(=O)Nc1cccc(OC)c1. The maximum atomic E-state index is 12.4. The minimum Gasteiger partial charge on any atom is -0.497 e. The fourth-order valence-corrected chi connectivity index (χ4v) is 2.15. The molecule has 6 heteroatoms. The van der Waals surface area contributed by atoms with Crippen molar-refractivity contribution in [3.8, 4) is 5.75 Å². The van der Waals surface area contributed by atoms with Crippen molar-refractivity contribution in [2.24, 2.45) is 0 Å². The van der Waals surface area contributed by atoms with Crippen LogP contribution in [0.5, 0.6) is 5.75 Å². The van der Waals surface area contributed by atoms with Crippen LogP contribution in [0.4, 0.5) is 11.5 Å². The van der Waals surface area contributed by atoms with E-state index in [0.29, 0.717) is 29.4 Å². The second kappa shape index (κ2) is 7.08. The molecule has 0 radical (unpaired) electrons. The molecular formula is C15H16BrN3O2. The summed E-state index contributed by atoms with van der Waals surface area (Å²) in [6, 6.07) is 8.94. The Bertz CT molecular complexity index is 647. The number of methoxy groups -OCH3 is 1. The molecule has 0 saturated heterocycles. The zero-order valence-corrected chi connectivity index (χ0v) is 13.4. The molecule has 0 bridgehead atoms. The van der Waals surface area contributed by atoms with Gasteiger partial charge in [0.25, 0.3) is 5.91 Å². The molecule has 5 nitrogen and oxygen atoms in total. The Morgan fingerprint density at radius 3 is 2.90 bits per heavy atom. The number of anilines is 2. The number of pyridine rings is 1. The third kappa shape index (κ3) is 3.95. The molecule has 1 aromatic heterocycles. The summed E-state index contributed by atoms with van der Waals surface area (Å²) in [6.45, 7) is 2.64. The monoisotopic (exact) mass is 349 g/mol. The van der Waals surface area contributed by atoms with Crippen LogP contribution in [0.3, 0.4) is 0 Å². The molecular weight excluding hydrogens is 334 g/mol. The van der Waals surface area contributed by atoms with Crippen molar-refractivity contribution in [3.05, 3.63) is 46.6 Å². The standard InChI is InChI=1S/C15H16BrN3O2/c1-3-17-14-13(7-10(16)9-18-14)15(20)19-11-5-4-6-12(8-11)21-2/h4-9H,3H2,1-2H3,(H,17,18)(H,19,20). The molecule has 0 spiro atoms. The molecule has 110 valence electrons. The van der Waals surface area contributed by atoms with Gasteiger partial charge in [0.15, 0.2) is 0 Å². The first-order valence-electron chi connectivity index (χ1n) is 6.49. The van der Waals surface area contributed by atoms with Crippen molar-refractivity contribution >= 4 is 33.3 Å². The molecule has 1 heterocycles. The molecule has 1 amide bonds. The number of nitrogens with zero attached hydrogens (tertiary/aromatic N) is 1. The van der Waals surface area contributed by atoms with E-state index in [2.05, 4.69) is 31.5 Å². The molecule has 0 aliphatic rings. The molecule has 0 atom stereocenters. The zero-order chi connectivity index (χ0) is 15.2. The van der Waals surface area contributed by atoms with E-state index in [0.717, 1.165) is 4.47 Å². The van der Waals surface area contributed by atoms with Crippen molar-refractivity contribution < 1.29 is 9.53 Å². The number of nitrogens with one attached hydrogen (secondary N) is 2. The Balaban J connectivity index is 2.25. The van der Waals surface area contributed by atoms with Crippen molar-refractivity contribution in [1.82, 2.24) is 4.98 Å². The number of amides is 1. The fourth-order valence-electron chi connectivity index (χ4n) is 1.82. The molecule has 2 N–H and O–H groups in total. The summed E-state index contributed by atoms with van der Waals surface area (Å²) in [6.07, 6.45) is 1.65. The highest BCUT2D eigenvalue weighted by Gasteiger charge is 2.13. The Kier molecular flexibility index (Phi) is 5.16. The smallest absolute Gasteiger partial charge is 0.259 e. The van der Waals surface area contributed by atoms with Crippen molar-refractivity contribution in [1.29, 1.82) is 0 Å². The average molecular weight is 350 g/mol. The van der Waals surface area contributed by atoms with Crippen LogP contribution in [0.25, 0.3) is 0 Å². The Morgan fingerprint density at radius 2 is 2.19 bits per heavy atom. The first kappa shape index (κ1) is 15.3. The van der Waals surface area contributed by atoms with E-state index in [9.17, 15) is 4.79 Å². The van der Waals surface area contributed by atoms with Gasteiger partial charge in [0, 0.05) is 29.0 Å². The number of halogens is 1. The third-order valence-electron chi connectivity index (χ3n) is 2.77. The van der Waals surface area contributed by atoms with E-state index in [-0.39, 0.29) is 5.91 Å². The Morgan fingerprint density at radius 1 is 1.38 bits per heavy atom. The molecule has 0 aliphatic carbocycles. The van der Waals surface area contributed by atoms with E-state index < -0.39 is 0 Å². The van der Waals surface area contributed by atoms with Gasteiger partial charge in [-0.25, -0.2) is 4.98 Å². The highest BCUT2D eigenvalue weighted by molar-refractivity contribution is 9.10. The van der Waals surface area contributed by atoms with Gasteiger partial charge in [-0.1, -0.05) is 6.07 Å². The fraction of sp³-hybridized carbons (Fsp3) is 0.200. The summed E-state index contributed by atoms with van der Waals surface area (Å²) in [5, 5.41) is 5.91. The number of hydrogen-bond acceptors (Lipinski definition) is 4. The molecule has 0 saturated carbocycles. The number of aromatic nitrogens is 1. The lowest BCUT2D eigenvalue weighted by molar-refractivity contribution is 0.102. The first-order chi connectivity index (χ1) is 10.1. The minimum atomic E-state index is -0.229. The van der Waals surface area contributed by atoms with E-state index in [1.54, 1.807) is 31.5 Å². The second-order valence-electron chi connectivity index (χ2n) is 4.27. The summed E-state index contributed by atoms with van der Waals surface area (Å²) in [5.41, 5.74) is 1.15. The number of rotatable bonds is 5. The van der Waals surface area contributed by atoms with E-state index in [1.165, 1.54) is 0 Å². The number of benzene rings is 1. The van der Waals surface area contributed by atoms with Gasteiger partial charge in [-0.05, 0) is 41.1 Å². The number of carbonyl (C=O) groups is 1. The number of carbonyl (C=O) groups excluding carboxylic acids is 1. The van der Waals surface area contributed by atoms with E-state index >= 15 is 0 Å². The summed E-state index contributed by atoms with van der Waals surface area (Å²) in [7, 11) is 1.59. The molecule has 0 aliphatic heterocycles. The Labute approximate surface area is 131 Å². The highest BCUT2D eigenvalue weighted by Crippen LogP contribution is 2.21. The molecule has 0 fully saturated rings. The lowest BCUT2D eigenvalue weighted by atomic mass is 10.2. The predicted molar refractivity (Wildman–Crippen MR) is 87.0 cm³/mol. The van der Waals surface area contributed by atoms with Crippen LogP contribution in [-0.2, 0) is 0 Å². The van der Waals surface area contributed by atoms with Crippen LogP contribution < -0.4 is 15.4 Å². The molecule has 2 rings (SSSR count). The maximum absolute atomic E-state index is 12.4. The van der Waals surface area contributed by atoms with Gasteiger partial charge in [-0.15, -0.1) is 0 Å². The Hall–Kier alpha value is -2.08.